The molecule has 1 aliphatic rings. The predicted molar refractivity (Wildman–Crippen MR) is 165 cm³/mol. The van der Waals surface area contributed by atoms with Crippen LogP contribution in [0.4, 0.5) is 5.69 Å². The zero-order valence-corrected chi connectivity index (χ0v) is 24.3. The quantitative estimate of drug-likeness (QED) is 0.153. The molecule has 1 aliphatic heterocycles. The SMILES string of the molecule is Cc1cc(Cl)ccc1-c1ccc2nc(-c3ccc(Cl)cc3)c(CN3CCN(C(=O)c4cccc([N+](=O)[O-])c4)CC3)n2c1. The van der Waals surface area contributed by atoms with Gasteiger partial charge in [-0.05, 0) is 66.1 Å². The molecule has 1 amide bonds. The highest BCUT2D eigenvalue weighted by Crippen LogP contribution is 2.31. The number of nitro groups is 1. The minimum absolute atomic E-state index is 0.0880. The third-order valence-corrected chi connectivity index (χ3v) is 8.16. The van der Waals surface area contributed by atoms with Gasteiger partial charge in [0.25, 0.3) is 11.6 Å². The molecular weight excluding hydrogens is 573 g/mol. The fourth-order valence-corrected chi connectivity index (χ4v) is 5.80. The normalized spacial score (nSPS) is 13.9. The minimum atomic E-state index is -0.484. The number of fused-ring (bicyclic) bond motifs is 1. The summed E-state index contributed by atoms with van der Waals surface area (Å²) in [5, 5.41) is 12.5. The number of pyridine rings is 1. The van der Waals surface area contributed by atoms with Gasteiger partial charge < -0.3 is 9.30 Å². The molecule has 0 atom stereocenters. The van der Waals surface area contributed by atoms with Gasteiger partial charge in [-0.25, -0.2) is 4.98 Å². The van der Waals surface area contributed by atoms with Crippen molar-refractivity contribution in [1.82, 2.24) is 19.2 Å². The Labute approximate surface area is 252 Å². The number of piperazine rings is 1. The lowest BCUT2D eigenvalue weighted by Gasteiger charge is -2.34. The van der Waals surface area contributed by atoms with Gasteiger partial charge in [0.1, 0.15) is 5.65 Å². The first-order valence-electron chi connectivity index (χ1n) is 13.6. The molecule has 0 unspecified atom stereocenters. The topological polar surface area (TPSA) is 84.0 Å². The Morgan fingerprint density at radius 3 is 2.33 bits per heavy atom. The molecule has 0 saturated carbocycles. The van der Waals surface area contributed by atoms with Gasteiger partial charge in [-0.15, -0.1) is 0 Å². The van der Waals surface area contributed by atoms with Gasteiger partial charge in [-0.1, -0.05) is 47.5 Å². The van der Waals surface area contributed by atoms with E-state index in [-0.39, 0.29) is 11.6 Å². The van der Waals surface area contributed by atoms with Crippen LogP contribution in [0.25, 0.3) is 28.0 Å². The molecule has 3 heterocycles. The fourth-order valence-electron chi connectivity index (χ4n) is 5.45. The summed E-state index contributed by atoms with van der Waals surface area (Å²) < 4.78 is 2.15. The van der Waals surface area contributed by atoms with E-state index in [1.807, 2.05) is 55.5 Å². The van der Waals surface area contributed by atoms with E-state index in [1.165, 1.54) is 12.1 Å². The van der Waals surface area contributed by atoms with E-state index in [4.69, 9.17) is 28.2 Å². The third kappa shape index (κ3) is 5.61. The highest BCUT2D eigenvalue weighted by Gasteiger charge is 2.25. The largest absolute Gasteiger partial charge is 0.336 e. The molecule has 42 heavy (non-hydrogen) atoms. The van der Waals surface area contributed by atoms with E-state index >= 15 is 0 Å². The van der Waals surface area contributed by atoms with Crippen LogP contribution in [0, 0.1) is 17.0 Å². The van der Waals surface area contributed by atoms with Gasteiger partial charge >= 0.3 is 0 Å². The number of benzene rings is 3. The van der Waals surface area contributed by atoms with Gasteiger partial charge in [0, 0.05) is 72.2 Å². The lowest BCUT2D eigenvalue weighted by Crippen LogP contribution is -2.48. The second-order valence-electron chi connectivity index (χ2n) is 10.4. The summed E-state index contributed by atoms with van der Waals surface area (Å²) in [4.78, 5) is 32.9. The molecule has 5 aromatic rings. The molecule has 3 aromatic carbocycles. The van der Waals surface area contributed by atoms with Gasteiger partial charge in [-0.3, -0.25) is 19.8 Å². The molecule has 1 saturated heterocycles. The Kier molecular flexibility index (Phi) is 7.68. The van der Waals surface area contributed by atoms with E-state index in [2.05, 4.69) is 21.6 Å². The number of halogens is 2. The van der Waals surface area contributed by atoms with Crippen molar-refractivity contribution in [3.05, 3.63) is 122 Å². The minimum Gasteiger partial charge on any atom is -0.336 e. The van der Waals surface area contributed by atoms with Gasteiger partial charge in [0.05, 0.1) is 16.3 Å². The molecule has 1 fully saturated rings. The van der Waals surface area contributed by atoms with E-state index in [0.29, 0.717) is 48.3 Å². The Balaban J connectivity index is 1.29. The fraction of sp³-hybridized carbons (Fsp3) is 0.188. The molecule has 0 bridgehead atoms. The Morgan fingerprint density at radius 2 is 1.62 bits per heavy atom. The van der Waals surface area contributed by atoms with E-state index in [1.54, 1.807) is 17.0 Å². The number of rotatable bonds is 6. The molecule has 0 N–H and O–H groups in total. The van der Waals surface area contributed by atoms with Crippen LogP contribution < -0.4 is 0 Å². The van der Waals surface area contributed by atoms with Gasteiger partial charge in [0.15, 0.2) is 0 Å². The second-order valence-corrected chi connectivity index (χ2v) is 11.3. The smallest absolute Gasteiger partial charge is 0.270 e. The maximum Gasteiger partial charge on any atom is 0.270 e. The zero-order valence-electron chi connectivity index (χ0n) is 22.8. The standard InChI is InChI=1S/C32H27Cl2N5O3/c1-21-17-26(34)10-11-28(21)24-7-12-30-35-31(22-5-8-25(33)9-6-22)29(38(30)19-24)20-36-13-15-37(16-14-36)32(40)23-3-2-4-27(18-23)39(41)42/h2-12,17-19H,13-16,20H2,1H3. The van der Waals surface area contributed by atoms with E-state index in [9.17, 15) is 14.9 Å². The summed E-state index contributed by atoms with van der Waals surface area (Å²) in [6.45, 7) is 5.02. The molecular formula is C32H27Cl2N5O3. The molecule has 2 aromatic heterocycles. The summed E-state index contributed by atoms with van der Waals surface area (Å²) in [5.41, 5.74) is 7.22. The predicted octanol–water partition coefficient (Wildman–Crippen LogP) is 7.15. The third-order valence-electron chi connectivity index (χ3n) is 7.67. The zero-order chi connectivity index (χ0) is 29.4. The van der Waals surface area contributed by atoms with Gasteiger partial charge in [0.2, 0.25) is 0 Å². The number of hydrogen-bond acceptors (Lipinski definition) is 5. The lowest BCUT2D eigenvalue weighted by atomic mass is 10.0. The molecule has 10 heteroatoms. The first-order chi connectivity index (χ1) is 20.3. The maximum atomic E-state index is 13.1. The number of aryl methyl sites for hydroxylation is 1. The highest BCUT2D eigenvalue weighted by atomic mass is 35.5. The number of imidazole rings is 1. The van der Waals surface area contributed by atoms with Crippen LogP contribution >= 0.6 is 23.2 Å². The van der Waals surface area contributed by atoms with Crippen LogP contribution in [-0.4, -0.2) is 56.2 Å². The number of carbonyl (C=O) groups is 1. The van der Waals surface area contributed by atoms with E-state index < -0.39 is 4.92 Å². The van der Waals surface area contributed by atoms with Crippen LogP contribution in [0.1, 0.15) is 21.6 Å². The van der Waals surface area contributed by atoms with Crippen molar-refractivity contribution in [2.45, 2.75) is 13.5 Å². The highest BCUT2D eigenvalue weighted by molar-refractivity contribution is 6.31. The molecule has 6 rings (SSSR count). The number of non-ortho nitro benzene ring substituents is 1. The van der Waals surface area contributed by atoms with Crippen molar-refractivity contribution in [1.29, 1.82) is 0 Å². The number of nitro benzene ring substituents is 1. The average molecular weight is 601 g/mol. The Bertz CT molecular complexity index is 1810. The second kappa shape index (κ2) is 11.6. The van der Waals surface area contributed by atoms with Crippen molar-refractivity contribution < 1.29 is 9.72 Å². The van der Waals surface area contributed by atoms with Crippen molar-refractivity contribution >= 4 is 40.4 Å². The summed E-state index contributed by atoms with van der Waals surface area (Å²) in [6, 6.07) is 23.6. The maximum absolute atomic E-state index is 13.1. The number of carbonyl (C=O) groups excluding carboxylic acids is 1. The van der Waals surface area contributed by atoms with E-state index in [0.717, 1.165) is 39.3 Å². The van der Waals surface area contributed by atoms with Crippen molar-refractivity contribution in [3.63, 3.8) is 0 Å². The van der Waals surface area contributed by atoms with Crippen LogP contribution in [0.5, 0.6) is 0 Å². The van der Waals surface area contributed by atoms with Crippen LogP contribution in [-0.2, 0) is 6.54 Å². The summed E-state index contributed by atoms with van der Waals surface area (Å²) in [5.74, 6) is -0.196. The van der Waals surface area contributed by atoms with Crippen molar-refractivity contribution in [2.24, 2.45) is 0 Å². The summed E-state index contributed by atoms with van der Waals surface area (Å²) >= 11 is 12.4. The molecule has 8 nitrogen and oxygen atoms in total. The monoisotopic (exact) mass is 599 g/mol. The molecule has 0 aliphatic carbocycles. The van der Waals surface area contributed by atoms with Crippen LogP contribution in [0.15, 0.2) is 85.1 Å². The number of amides is 1. The molecule has 0 radical (unpaired) electrons. The Morgan fingerprint density at radius 1 is 0.905 bits per heavy atom. The van der Waals surface area contributed by atoms with Crippen LogP contribution in [0.2, 0.25) is 10.0 Å². The van der Waals surface area contributed by atoms with Crippen molar-refractivity contribution in [3.8, 4) is 22.4 Å². The average Bonchev–Trinajstić information content (AvgIpc) is 3.35. The Hall–Kier alpha value is -4.24. The summed E-state index contributed by atoms with van der Waals surface area (Å²) in [7, 11) is 0. The lowest BCUT2D eigenvalue weighted by molar-refractivity contribution is -0.384. The first-order valence-corrected chi connectivity index (χ1v) is 14.3. The number of hydrogen-bond donors (Lipinski definition) is 0. The molecule has 0 spiro atoms. The first kappa shape index (κ1) is 27.9. The number of nitrogens with zero attached hydrogens (tertiary/aromatic N) is 5. The summed E-state index contributed by atoms with van der Waals surface area (Å²) in [6.07, 6.45) is 2.12. The van der Waals surface area contributed by atoms with Gasteiger partial charge in [-0.2, -0.15) is 0 Å². The number of aromatic nitrogens is 2. The molecule has 212 valence electrons. The van der Waals surface area contributed by atoms with Crippen molar-refractivity contribution in [2.75, 3.05) is 26.2 Å². The van der Waals surface area contributed by atoms with Crippen LogP contribution in [0.3, 0.4) is 0 Å².